The van der Waals surface area contributed by atoms with Crippen LogP contribution < -0.4 is 0 Å². The van der Waals surface area contributed by atoms with Gasteiger partial charge in [-0.15, -0.1) is 0 Å². The fourth-order valence-corrected chi connectivity index (χ4v) is 0.411. The molecule has 0 amide bonds. The van der Waals surface area contributed by atoms with Crippen molar-refractivity contribution in [3.8, 4) is 0 Å². The van der Waals surface area contributed by atoms with Gasteiger partial charge in [0.1, 0.15) is 6.29 Å². The van der Waals surface area contributed by atoms with E-state index < -0.39 is 0 Å². The quantitative estimate of drug-likeness (QED) is 0.340. The third kappa shape index (κ3) is 12.1. The van der Waals surface area contributed by atoms with Crippen LogP contribution in [0.2, 0.25) is 0 Å². The van der Waals surface area contributed by atoms with Gasteiger partial charge in [-0.2, -0.15) is 0 Å². The minimum Gasteiger partial charge on any atom is -0.304 e. The first-order chi connectivity index (χ1) is 5.26. The summed E-state index contributed by atoms with van der Waals surface area (Å²) in [5.74, 6) is 0. The lowest BCUT2D eigenvalue weighted by Gasteiger charge is -1.84. The Labute approximate surface area is 68.3 Å². The number of hydrogen-bond acceptors (Lipinski definition) is 2. The number of rotatable bonds is 2. The summed E-state index contributed by atoms with van der Waals surface area (Å²) in [7, 11) is 0. The van der Waals surface area contributed by atoms with Crippen LogP contribution in [0.3, 0.4) is 0 Å². The van der Waals surface area contributed by atoms with E-state index in [2.05, 4.69) is 11.7 Å². The van der Waals surface area contributed by atoms with E-state index in [0.29, 0.717) is 0 Å². The Hall–Kier alpha value is -1.18. The van der Waals surface area contributed by atoms with Crippen LogP contribution in [0.15, 0.2) is 28.9 Å². The van der Waals surface area contributed by atoms with Gasteiger partial charge in [0.25, 0.3) is 0 Å². The van der Waals surface area contributed by atoms with Crippen molar-refractivity contribution in [2.75, 3.05) is 0 Å². The van der Waals surface area contributed by atoms with Crippen molar-refractivity contribution in [3.05, 3.63) is 23.9 Å². The molecule has 0 heterocycles. The van der Waals surface area contributed by atoms with Crippen molar-refractivity contribution in [1.29, 1.82) is 0 Å². The van der Waals surface area contributed by atoms with Crippen LogP contribution in [0, 0.1) is 0 Å². The smallest absolute Gasteiger partial charge is 0.116 e. The molecule has 0 saturated carbocycles. The van der Waals surface area contributed by atoms with Crippen LogP contribution in [-0.4, -0.2) is 13.0 Å². The van der Waals surface area contributed by atoms with Crippen LogP contribution in [0.1, 0.15) is 20.8 Å². The molecule has 0 N–H and O–H groups in total. The number of nitrogens with zero attached hydrogens (tertiary/aromatic N) is 1. The van der Waals surface area contributed by atoms with E-state index in [-0.39, 0.29) is 0 Å². The fraction of sp³-hybridized carbons (Fsp3) is 0.333. The second-order valence-corrected chi connectivity index (χ2v) is 1.61. The molecule has 2 nitrogen and oxygen atoms in total. The van der Waals surface area contributed by atoms with Crippen molar-refractivity contribution in [3.63, 3.8) is 0 Å². The molecule has 0 aromatic heterocycles. The minimum atomic E-state index is 0.750. The molecule has 11 heavy (non-hydrogen) atoms. The Morgan fingerprint density at radius 2 is 1.82 bits per heavy atom. The Balaban J connectivity index is 0. The average molecular weight is 153 g/mol. The van der Waals surface area contributed by atoms with Crippen molar-refractivity contribution in [1.82, 2.24) is 0 Å². The van der Waals surface area contributed by atoms with Gasteiger partial charge in [0.2, 0.25) is 0 Å². The molecule has 0 aliphatic heterocycles. The largest absolute Gasteiger partial charge is 0.304 e. The van der Waals surface area contributed by atoms with Gasteiger partial charge in [-0.3, -0.25) is 4.99 Å². The van der Waals surface area contributed by atoms with Gasteiger partial charge in [-0.25, -0.2) is 0 Å². The Morgan fingerprint density at radius 3 is 1.91 bits per heavy atom. The number of aliphatic imine (C=N–C) groups is 1. The Bertz CT molecular complexity index is 157. The van der Waals surface area contributed by atoms with Crippen LogP contribution >= 0.6 is 0 Å². The maximum absolute atomic E-state index is 8.81. The lowest BCUT2D eigenvalue weighted by Crippen LogP contribution is -1.64. The first-order valence-corrected chi connectivity index (χ1v) is 3.42. The molecule has 0 fully saturated rings. The number of aldehydes is 1. The van der Waals surface area contributed by atoms with Crippen molar-refractivity contribution in [2.45, 2.75) is 20.8 Å². The number of hydrogen-bond donors (Lipinski definition) is 0. The van der Waals surface area contributed by atoms with E-state index in [1.54, 1.807) is 0 Å². The highest BCUT2D eigenvalue weighted by molar-refractivity contribution is 5.44. The molecule has 0 aromatic carbocycles. The molecule has 0 aliphatic rings. The van der Waals surface area contributed by atoms with E-state index in [0.717, 1.165) is 12.0 Å². The molecule has 0 bridgehead atoms. The molecule has 0 spiro atoms. The molecule has 62 valence electrons. The monoisotopic (exact) mass is 153 g/mol. The van der Waals surface area contributed by atoms with Gasteiger partial charge in [0.05, 0.1) is 5.70 Å². The van der Waals surface area contributed by atoms with Crippen LogP contribution in [0.5, 0.6) is 0 Å². The first kappa shape index (κ1) is 12.5. The highest BCUT2D eigenvalue weighted by Gasteiger charge is 1.75. The van der Waals surface area contributed by atoms with Gasteiger partial charge < -0.3 is 4.79 Å². The van der Waals surface area contributed by atoms with E-state index in [1.807, 2.05) is 32.1 Å². The summed E-state index contributed by atoms with van der Waals surface area (Å²) in [5, 5.41) is 0. The molecule has 0 saturated heterocycles. The Kier molecular flexibility index (Phi) is 13.2. The van der Waals surface area contributed by atoms with Crippen molar-refractivity contribution >= 4 is 13.0 Å². The highest BCUT2D eigenvalue weighted by atomic mass is 16.1. The summed E-state index contributed by atoms with van der Waals surface area (Å²) in [6.07, 6.45) is 6.50. The summed E-state index contributed by atoms with van der Waals surface area (Å²) in [4.78, 5) is 12.5. The van der Waals surface area contributed by atoms with Gasteiger partial charge in [0.15, 0.2) is 0 Å². The summed E-state index contributed by atoms with van der Waals surface area (Å²) >= 11 is 0. The zero-order valence-electron chi connectivity index (χ0n) is 7.37. The van der Waals surface area contributed by atoms with E-state index in [1.165, 1.54) is 6.92 Å². The zero-order chi connectivity index (χ0) is 9.11. The Morgan fingerprint density at radius 1 is 1.36 bits per heavy atom. The van der Waals surface area contributed by atoms with Gasteiger partial charge in [0, 0.05) is 0 Å². The van der Waals surface area contributed by atoms with Crippen LogP contribution in [0.25, 0.3) is 0 Å². The summed E-state index contributed by atoms with van der Waals surface area (Å²) in [6, 6.07) is 0. The van der Waals surface area contributed by atoms with Crippen molar-refractivity contribution < 1.29 is 4.79 Å². The predicted molar refractivity (Wildman–Crippen MR) is 49.9 cm³/mol. The molecular weight excluding hydrogens is 138 g/mol. The van der Waals surface area contributed by atoms with E-state index >= 15 is 0 Å². The number of carbonyl (C=O) groups is 1. The molecule has 0 aliphatic carbocycles. The predicted octanol–water partition coefficient (Wildman–Crippen LogP) is 2.37. The lowest BCUT2D eigenvalue weighted by atomic mass is 10.4. The molecule has 0 rings (SSSR count). The molecule has 0 radical (unpaired) electrons. The second-order valence-electron chi connectivity index (χ2n) is 1.61. The van der Waals surface area contributed by atoms with Crippen LogP contribution in [0.4, 0.5) is 0 Å². The second kappa shape index (κ2) is 11.6. The lowest BCUT2D eigenvalue weighted by molar-refractivity contribution is -0.106. The maximum Gasteiger partial charge on any atom is 0.116 e. The van der Waals surface area contributed by atoms with E-state index in [9.17, 15) is 0 Å². The SMILES string of the molecule is C=NC(=C\C)/C=C/C.CC=O. The summed E-state index contributed by atoms with van der Waals surface area (Å²) in [6.45, 7) is 8.71. The average Bonchev–Trinajstić information content (AvgIpc) is 2.02. The minimum absolute atomic E-state index is 0.750. The van der Waals surface area contributed by atoms with Gasteiger partial charge >= 0.3 is 0 Å². The maximum atomic E-state index is 8.81. The van der Waals surface area contributed by atoms with Crippen LogP contribution in [-0.2, 0) is 4.79 Å². The van der Waals surface area contributed by atoms with Gasteiger partial charge in [-0.1, -0.05) is 12.2 Å². The fourth-order valence-electron chi connectivity index (χ4n) is 0.411. The number of allylic oxidation sites excluding steroid dienone is 3. The van der Waals surface area contributed by atoms with E-state index in [4.69, 9.17) is 4.79 Å². The number of carbonyl (C=O) groups excluding carboxylic acids is 1. The topological polar surface area (TPSA) is 29.4 Å². The molecule has 0 atom stereocenters. The normalized spacial score (nSPS) is 10.3. The molecule has 2 heteroatoms. The summed E-state index contributed by atoms with van der Waals surface area (Å²) < 4.78 is 0. The summed E-state index contributed by atoms with van der Waals surface area (Å²) in [5.41, 5.74) is 0.924. The van der Waals surface area contributed by atoms with Crippen molar-refractivity contribution in [2.24, 2.45) is 4.99 Å². The zero-order valence-corrected chi connectivity index (χ0v) is 7.37. The first-order valence-electron chi connectivity index (χ1n) is 3.42. The van der Waals surface area contributed by atoms with Gasteiger partial charge in [-0.05, 0) is 33.6 Å². The molecule has 0 unspecified atom stereocenters. The third-order valence-corrected chi connectivity index (χ3v) is 0.816. The molecular formula is C9H15NO. The highest BCUT2D eigenvalue weighted by Crippen LogP contribution is 1.94. The molecule has 0 aromatic rings. The standard InChI is InChI=1S/C7H11N.C2H4O/c1-4-6-7(5-2)8-3;1-2-3/h4-6H,3H2,1-2H3;2H,1H3/b6-4+,7-5-;. The third-order valence-electron chi connectivity index (χ3n) is 0.816.